The number of fused-ring (bicyclic) bond motifs is 9. The van der Waals surface area contributed by atoms with Crippen molar-refractivity contribution < 1.29 is 0 Å². The van der Waals surface area contributed by atoms with Crippen molar-refractivity contribution in [3.05, 3.63) is 194 Å². The molecule has 3 heterocycles. The second-order valence-corrected chi connectivity index (χ2v) is 16.6. The van der Waals surface area contributed by atoms with Gasteiger partial charge in [0.2, 0.25) is 5.95 Å². The third-order valence-corrected chi connectivity index (χ3v) is 12.6. The summed E-state index contributed by atoms with van der Waals surface area (Å²) >= 11 is 1.84. The smallest absolute Gasteiger partial charge is 0.238 e. The molecule has 0 unspecified atom stereocenters. The molecule has 12 rings (SSSR count). The molecular weight excluding hydrogens is 761 g/mol. The number of aromatic nitrogens is 4. The Hall–Kier alpha value is -7.47. The first-order valence-corrected chi connectivity index (χ1v) is 21.7. The summed E-state index contributed by atoms with van der Waals surface area (Å²) in [6.07, 6.45) is 1.25. The van der Waals surface area contributed by atoms with Gasteiger partial charge in [0.05, 0.1) is 11.0 Å². The lowest BCUT2D eigenvalue weighted by Crippen LogP contribution is -2.07. The molecule has 12 aromatic rings. The summed E-state index contributed by atoms with van der Waals surface area (Å²) in [5, 5.41) is 9.49. The Balaban J connectivity index is 0.00000136. The minimum atomic E-state index is 0.576. The van der Waals surface area contributed by atoms with Gasteiger partial charge in [-0.15, -0.1) is 11.3 Å². The Morgan fingerprint density at radius 1 is 0.377 bits per heavy atom. The zero-order chi connectivity index (χ0) is 40.9. The number of para-hydroxylation sites is 1. The van der Waals surface area contributed by atoms with E-state index in [4.69, 9.17) is 15.0 Å². The first-order chi connectivity index (χ1) is 30.1. The quantitative estimate of drug-likeness (QED) is 0.174. The summed E-state index contributed by atoms with van der Waals surface area (Å²) in [5.74, 6) is 1.82. The third kappa shape index (κ3) is 6.42. The van der Waals surface area contributed by atoms with Crippen LogP contribution in [0.15, 0.2) is 194 Å². The van der Waals surface area contributed by atoms with E-state index < -0.39 is 0 Å². The van der Waals surface area contributed by atoms with Gasteiger partial charge in [0.1, 0.15) is 0 Å². The van der Waals surface area contributed by atoms with Gasteiger partial charge in [-0.2, -0.15) is 9.97 Å². The van der Waals surface area contributed by atoms with Crippen LogP contribution in [0.5, 0.6) is 0 Å². The van der Waals surface area contributed by atoms with Crippen LogP contribution in [0.1, 0.15) is 20.3 Å². The molecule has 0 aliphatic rings. The lowest BCUT2D eigenvalue weighted by Gasteiger charge is -2.14. The van der Waals surface area contributed by atoms with Crippen LogP contribution in [0.4, 0.5) is 0 Å². The normalized spacial score (nSPS) is 11.5. The summed E-state index contributed by atoms with van der Waals surface area (Å²) in [4.78, 5) is 16.0. The average molecular weight is 801 g/mol. The fourth-order valence-corrected chi connectivity index (χ4v) is 9.79. The summed E-state index contributed by atoms with van der Waals surface area (Å²) in [5.41, 5.74) is 8.58. The minimum Gasteiger partial charge on any atom is -0.277 e. The number of hydrogen-bond acceptors (Lipinski definition) is 4. The van der Waals surface area contributed by atoms with Crippen LogP contribution in [0, 0.1) is 0 Å². The van der Waals surface area contributed by atoms with Gasteiger partial charge < -0.3 is 0 Å². The largest absolute Gasteiger partial charge is 0.277 e. The Morgan fingerprint density at radius 3 is 1.75 bits per heavy atom. The maximum atomic E-state index is 5.41. The van der Waals surface area contributed by atoms with Gasteiger partial charge in [0, 0.05) is 53.0 Å². The number of rotatable bonds is 5. The second kappa shape index (κ2) is 15.3. The molecule has 3 aromatic heterocycles. The predicted molar refractivity (Wildman–Crippen MR) is 260 cm³/mol. The molecule has 5 heteroatoms. The molecule has 0 saturated heterocycles. The molecule has 0 atom stereocenters. The predicted octanol–water partition coefficient (Wildman–Crippen LogP) is 15.7. The van der Waals surface area contributed by atoms with Gasteiger partial charge >= 0.3 is 0 Å². The molecule has 0 saturated carbocycles. The van der Waals surface area contributed by atoms with Crippen molar-refractivity contribution in [3.8, 4) is 51.0 Å². The molecule has 0 bridgehead atoms. The van der Waals surface area contributed by atoms with E-state index in [9.17, 15) is 0 Å². The Morgan fingerprint density at radius 2 is 0.934 bits per heavy atom. The second-order valence-electron chi connectivity index (χ2n) is 15.5. The zero-order valence-corrected chi connectivity index (χ0v) is 34.7. The molecular formula is C56H40N4S. The summed E-state index contributed by atoms with van der Waals surface area (Å²) in [7, 11) is 0. The van der Waals surface area contributed by atoms with Crippen LogP contribution in [0.25, 0.3) is 115 Å². The lowest BCUT2D eigenvalue weighted by molar-refractivity contribution is 0.955. The standard InChI is InChI=1S/C53H32N4S.C3H8/c1-2-11-33(12-3-1)35-21-24-37(25-22-35)51-54-52(40-26-23-34-13-4-5-15-38(34)31-40)56-53(55-51)57-49-41-16-7-6-14-36(41)27-30-46(49)45-19-10-18-42(50(45)57)39-28-29-44-43-17-8-9-20-47(43)58-48(44)32-39;1-3-2/h1-32H;3H2,1-2H3. The van der Waals surface area contributed by atoms with Crippen molar-refractivity contribution in [2.45, 2.75) is 20.3 Å². The highest BCUT2D eigenvalue weighted by atomic mass is 32.1. The van der Waals surface area contributed by atoms with Gasteiger partial charge in [-0.3, -0.25) is 4.57 Å². The Bertz CT molecular complexity index is 3580. The number of hydrogen-bond donors (Lipinski definition) is 0. The molecule has 0 spiro atoms. The molecule has 9 aromatic carbocycles. The van der Waals surface area contributed by atoms with E-state index in [-0.39, 0.29) is 0 Å². The average Bonchev–Trinajstić information content (AvgIpc) is 3.88. The minimum absolute atomic E-state index is 0.576. The van der Waals surface area contributed by atoms with E-state index >= 15 is 0 Å². The lowest BCUT2D eigenvalue weighted by atomic mass is 10.00. The fourth-order valence-electron chi connectivity index (χ4n) is 8.65. The van der Waals surface area contributed by atoms with Crippen molar-refractivity contribution in [3.63, 3.8) is 0 Å². The van der Waals surface area contributed by atoms with Crippen LogP contribution in [0.3, 0.4) is 0 Å². The van der Waals surface area contributed by atoms with Gasteiger partial charge in [-0.05, 0) is 51.0 Å². The molecule has 0 amide bonds. The maximum Gasteiger partial charge on any atom is 0.238 e. The SMILES string of the molecule is CCC.c1ccc(-c2ccc(-c3nc(-c4ccc5ccccc5c4)nc(-n4c5c(-c6ccc7c(c6)sc6ccccc67)cccc5c5ccc6ccccc6c54)n3)cc2)cc1. The van der Waals surface area contributed by atoms with E-state index in [2.05, 4.69) is 206 Å². The van der Waals surface area contributed by atoms with E-state index in [0.717, 1.165) is 65.8 Å². The Labute approximate surface area is 358 Å². The van der Waals surface area contributed by atoms with Gasteiger partial charge in [-0.1, -0.05) is 196 Å². The van der Waals surface area contributed by atoms with E-state index in [1.54, 1.807) is 0 Å². The van der Waals surface area contributed by atoms with Gasteiger partial charge in [0.25, 0.3) is 0 Å². The van der Waals surface area contributed by atoms with Crippen molar-refractivity contribution in [2.75, 3.05) is 0 Å². The van der Waals surface area contributed by atoms with Crippen LogP contribution in [-0.2, 0) is 0 Å². The monoisotopic (exact) mass is 800 g/mol. The van der Waals surface area contributed by atoms with Crippen LogP contribution in [0.2, 0.25) is 0 Å². The first-order valence-electron chi connectivity index (χ1n) is 20.9. The molecule has 0 N–H and O–H groups in total. The van der Waals surface area contributed by atoms with Crippen molar-refractivity contribution in [1.29, 1.82) is 0 Å². The fraction of sp³-hybridized carbons (Fsp3) is 0.0536. The van der Waals surface area contributed by atoms with E-state index in [0.29, 0.717) is 17.6 Å². The summed E-state index contributed by atoms with van der Waals surface area (Å²) in [6.45, 7) is 4.25. The highest BCUT2D eigenvalue weighted by Gasteiger charge is 2.22. The topological polar surface area (TPSA) is 43.6 Å². The molecule has 0 aliphatic heterocycles. The van der Waals surface area contributed by atoms with Crippen molar-refractivity contribution in [1.82, 2.24) is 19.5 Å². The zero-order valence-electron chi connectivity index (χ0n) is 33.9. The number of nitrogens with zero attached hydrogens (tertiary/aromatic N) is 4. The third-order valence-electron chi connectivity index (χ3n) is 11.4. The highest BCUT2D eigenvalue weighted by molar-refractivity contribution is 7.25. The van der Waals surface area contributed by atoms with Gasteiger partial charge in [0.15, 0.2) is 11.6 Å². The molecule has 290 valence electrons. The van der Waals surface area contributed by atoms with E-state index in [1.807, 2.05) is 17.4 Å². The molecule has 0 fully saturated rings. The van der Waals surface area contributed by atoms with E-state index in [1.165, 1.54) is 37.5 Å². The van der Waals surface area contributed by atoms with Crippen molar-refractivity contribution >= 4 is 74.9 Å². The van der Waals surface area contributed by atoms with Crippen LogP contribution >= 0.6 is 11.3 Å². The number of thiophene rings is 1. The molecule has 61 heavy (non-hydrogen) atoms. The first kappa shape index (κ1) is 36.6. The molecule has 0 radical (unpaired) electrons. The molecule has 4 nitrogen and oxygen atoms in total. The van der Waals surface area contributed by atoms with Gasteiger partial charge in [-0.25, -0.2) is 4.98 Å². The van der Waals surface area contributed by atoms with Crippen molar-refractivity contribution in [2.24, 2.45) is 0 Å². The maximum absolute atomic E-state index is 5.41. The number of benzene rings is 9. The van der Waals surface area contributed by atoms with Crippen LogP contribution in [-0.4, -0.2) is 19.5 Å². The highest BCUT2D eigenvalue weighted by Crippen LogP contribution is 2.43. The Kier molecular flexibility index (Phi) is 9.17. The molecule has 0 aliphatic carbocycles. The summed E-state index contributed by atoms with van der Waals surface area (Å²) in [6, 6.07) is 69.2. The van der Waals surface area contributed by atoms with Crippen LogP contribution < -0.4 is 0 Å². The summed E-state index contributed by atoms with van der Waals surface area (Å²) < 4.78 is 4.86.